The number of anilines is 1. The van der Waals surface area contributed by atoms with Crippen LogP contribution >= 0.6 is 23.1 Å². The fraction of sp³-hybridized carbons (Fsp3) is 0.278. The molecule has 0 unspecified atom stereocenters. The number of pyridine rings is 1. The van der Waals surface area contributed by atoms with E-state index in [1.54, 1.807) is 6.20 Å². The highest BCUT2D eigenvalue weighted by atomic mass is 32.2. The fourth-order valence-electron chi connectivity index (χ4n) is 2.42. The van der Waals surface area contributed by atoms with Gasteiger partial charge >= 0.3 is 0 Å². The van der Waals surface area contributed by atoms with Gasteiger partial charge in [-0.3, -0.25) is 4.79 Å². The van der Waals surface area contributed by atoms with E-state index in [-0.39, 0.29) is 5.91 Å². The Labute approximate surface area is 149 Å². The molecule has 0 fully saturated rings. The number of amides is 1. The smallest absolute Gasteiger partial charge is 0.236 e. The molecule has 0 saturated heterocycles. The third-order valence-corrected chi connectivity index (χ3v) is 5.59. The number of aryl methyl sites for hydroxylation is 3. The van der Waals surface area contributed by atoms with Gasteiger partial charge in [0, 0.05) is 17.0 Å². The first kappa shape index (κ1) is 16.9. The summed E-state index contributed by atoms with van der Waals surface area (Å²) >= 11 is 2.90. The molecule has 0 aliphatic carbocycles. The van der Waals surface area contributed by atoms with Crippen LogP contribution in [0.4, 0.5) is 5.13 Å². The van der Waals surface area contributed by atoms with Crippen molar-refractivity contribution in [3.05, 3.63) is 46.5 Å². The highest BCUT2D eigenvalue weighted by Crippen LogP contribution is 2.27. The monoisotopic (exact) mass is 357 g/mol. The van der Waals surface area contributed by atoms with Gasteiger partial charge in [0.2, 0.25) is 5.91 Å². The van der Waals surface area contributed by atoms with E-state index in [0.29, 0.717) is 10.9 Å². The zero-order chi connectivity index (χ0) is 17.1. The number of nitrogens with one attached hydrogen (secondary N) is 1. The number of rotatable bonds is 5. The van der Waals surface area contributed by atoms with E-state index in [1.165, 1.54) is 39.8 Å². The van der Waals surface area contributed by atoms with Crippen LogP contribution in [0.25, 0.3) is 10.9 Å². The molecule has 0 aliphatic rings. The molecule has 1 aromatic carbocycles. The molecule has 2 aromatic heterocycles. The zero-order valence-electron chi connectivity index (χ0n) is 13.9. The average molecular weight is 358 g/mol. The standard InChI is InChI=1S/C18H19N3OS2/c1-4-13-9-14-7-11(2)12(3)8-15(14)20-17(13)24-10-16(22)21-18-19-5-6-23-18/h5-9H,4,10H2,1-3H3,(H,19,21,22). The van der Waals surface area contributed by atoms with Crippen LogP contribution in [0.5, 0.6) is 0 Å². The first-order chi connectivity index (χ1) is 11.6. The summed E-state index contributed by atoms with van der Waals surface area (Å²) in [6, 6.07) is 6.49. The first-order valence-electron chi connectivity index (χ1n) is 7.80. The molecule has 0 saturated carbocycles. The highest BCUT2D eigenvalue weighted by molar-refractivity contribution is 8.00. The Morgan fingerprint density at radius 3 is 2.75 bits per heavy atom. The maximum Gasteiger partial charge on any atom is 0.236 e. The van der Waals surface area contributed by atoms with Crippen LogP contribution in [-0.4, -0.2) is 21.6 Å². The number of thiazole rings is 1. The Morgan fingerprint density at radius 1 is 1.25 bits per heavy atom. The summed E-state index contributed by atoms with van der Waals surface area (Å²) < 4.78 is 0. The quantitative estimate of drug-likeness (QED) is 0.678. The second-order valence-corrected chi connectivity index (χ2v) is 7.47. The van der Waals surface area contributed by atoms with Crippen molar-refractivity contribution in [2.75, 3.05) is 11.1 Å². The van der Waals surface area contributed by atoms with Gasteiger partial charge in [-0.05, 0) is 55.2 Å². The van der Waals surface area contributed by atoms with Gasteiger partial charge < -0.3 is 5.32 Å². The summed E-state index contributed by atoms with van der Waals surface area (Å²) in [4.78, 5) is 20.9. The molecule has 3 rings (SSSR count). The number of hydrogen-bond acceptors (Lipinski definition) is 5. The van der Waals surface area contributed by atoms with Crippen LogP contribution in [0.1, 0.15) is 23.6 Å². The number of aromatic nitrogens is 2. The van der Waals surface area contributed by atoms with Crippen LogP contribution in [0, 0.1) is 13.8 Å². The highest BCUT2D eigenvalue weighted by Gasteiger charge is 2.11. The normalized spacial score (nSPS) is 11.0. The van der Waals surface area contributed by atoms with E-state index < -0.39 is 0 Å². The molecule has 3 aromatic rings. The summed E-state index contributed by atoms with van der Waals surface area (Å²) in [6.07, 6.45) is 2.57. The summed E-state index contributed by atoms with van der Waals surface area (Å²) in [5.74, 6) is 0.273. The van der Waals surface area contributed by atoms with Crippen LogP contribution < -0.4 is 5.32 Å². The lowest BCUT2D eigenvalue weighted by molar-refractivity contribution is -0.113. The Bertz CT molecular complexity index is 876. The van der Waals surface area contributed by atoms with Crippen molar-refractivity contribution < 1.29 is 4.79 Å². The van der Waals surface area contributed by atoms with E-state index in [1.807, 2.05) is 5.38 Å². The molecule has 1 amide bonds. The number of fused-ring (bicyclic) bond motifs is 1. The van der Waals surface area contributed by atoms with E-state index in [0.717, 1.165) is 22.3 Å². The maximum absolute atomic E-state index is 12.1. The van der Waals surface area contributed by atoms with Crippen molar-refractivity contribution in [3.8, 4) is 0 Å². The van der Waals surface area contributed by atoms with Crippen molar-refractivity contribution in [2.24, 2.45) is 0 Å². The number of thioether (sulfide) groups is 1. The van der Waals surface area contributed by atoms with Crippen molar-refractivity contribution in [3.63, 3.8) is 0 Å². The Hall–Kier alpha value is -1.92. The lowest BCUT2D eigenvalue weighted by atomic mass is 10.0. The molecule has 1 N–H and O–H groups in total. The molecule has 0 radical (unpaired) electrons. The third kappa shape index (κ3) is 3.76. The summed E-state index contributed by atoms with van der Waals surface area (Å²) in [7, 11) is 0. The SMILES string of the molecule is CCc1cc2cc(C)c(C)cc2nc1SCC(=O)Nc1nccs1. The minimum atomic E-state index is -0.0565. The summed E-state index contributed by atoms with van der Waals surface area (Å²) in [6.45, 7) is 6.33. The van der Waals surface area contributed by atoms with Crippen LogP contribution in [-0.2, 0) is 11.2 Å². The molecule has 2 heterocycles. The van der Waals surface area contributed by atoms with Crippen molar-refractivity contribution >= 4 is 45.0 Å². The van der Waals surface area contributed by atoms with Crippen LogP contribution in [0.2, 0.25) is 0 Å². The van der Waals surface area contributed by atoms with Gasteiger partial charge in [-0.15, -0.1) is 11.3 Å². The number of carbonyl (C=O) groups excluding carboxylic acids is 1. The van der Waals surface area contributed by atoms with Gasteiger partial charge in [0.1, 0.15) is 5.03 Å². The average Bonchev–Trinajstić information content (AvgIpc) is 3.06. The summed E-state index contributed by atoms with van der Waals surface area (Å²) in [5.41, 5.74) is 4.67. The van der Waals surface area contributed by atoms with Gasteiger partial charge in [0.15, 0.2) is 5.13 Å². The summed E-state index contributed by atoms with van der Waals surface area (Å²) in [5, 5.41) is 7.37. The predicted octanol–water partition coefficient (Wildman–Crippen LogP) is 4.60. The maximum atomic E-state index is 12.1. The minimum absolute atomic E-state index is 0.0565. The molecule has 24 heavy (non-hydrogen) atoms. The second-order valence-electron chi connectivity index (χ2n) is 5.61. The van der Waals surface area contributed by atoms with Gasteiger partial charge in [0.05, 0.1) is 11.3 Å². The molecular weight excluding hydrogens is 338 g/mol. The van der Waals surface area contributed by atoms with Gasteiger partial charge in [-0.1, -0.05) is 18.7 Å². The number of benzene rings is 1. The largest absolute Gasteiger partial charge is 0.301 e. The Morgan fingerprint density at radius 2 is 2.04 bits per heavy atom. The fourth-order valence-corrected chi connectivity index (χ4v) is 3.86. The molecule has 0 spiro atoms. The molecule has 124 valence electrons. The van der Waals surface area contributed by atoms with Crippen LogP contribution in [0.15, 0.2) is 34.8 Å². The van der Waals surface area contributed by atoms with Crippen molar-refractivity contribution in [1.29, 1.82) is 0 Å². The van der Waals surface area contributed by atoms with Gasteiger partial charge in [-0.25, -0.2) is 9.97 Å². The van der Waals surface area contributed by atoms with Crippen molar-refractivity contribution in [2.45, 2.75) is 32.2 Å². The van der Waals surface area contributed by atoms with Gasteiger partial charge in [0.25, 0.3) is 0 Å². The van der Waals surface area contributed by atoms with E-state index in [2.05, 4.69) is 49.3 Å². The Balaban J connectivity index is 1.80. The topological polar surface area (TPSA) is 54.9 Å². The second kappa shape index (κ2) is 7.32. The van der Waals surface area contributed by atoms with Crippen LogP contribution in [0.3, 0.4) is 0 Å². The third-order valence-electron chi connectivity index (χ3n) is 3.87. The Kier molecular flexibility index (Phi) is 5.16. The number of nitrogens with zero attached hydrogens (tertiary/aromatic N) is 2. The van der Waals surface area contributed by atoms with Crippen molar-refractivity contribution in [1.82, 2.24) is 9.97 Å². The number of hydrogen-bond donors (Lipinski definition) is 1. The van der Waals surface area contributed by atoms with Gasteiger partial charge in [-0.2, -0.15) is 0 Å². The molecule has 6 heteroatoms. The predicted molar refractivity (Wildman–Crippen MR) is 102 cm³/mol. The van der Waals surface area contributed by atoms with E-state index in [4.69, 9.17) is 4.98 Å². The molecule has 0 atom stereocenters. The lowest BCUT2D eigenvalue weighted by Crippen LogP contribution is -2.14. The minimum Gasteiger partial charge on any atom is -0.301 e. The van der Waals surface area contributed by atoms with E-state index in [9.17, 15) is 4.79 Å². The molecule has 4 nitrogen and oxygen atoms in total. The first-order valence-corrected chi connectivity index (χ1v) is 9.66. The number of carbonyl (C=O) groups is 1. The molecular formula is C18H19N3OS2. The van der Waals surface area contributed by atoms with E-state index >= 15 is 0 Å². The molecule has 0 bridgehead atoms. The molecule has 0 aliphatic heterocycles. The zero-order valence-corrected chi connectivity index (χ0v) is 15.6. The lowest BCUT2D eigenvalue weighted by Gasteiger charge is -2.10.